The Morgan fingerprint density at radius 2 is 2.32 bits per heavy atom. The highest BCUT2D eigenvalue weighted by atomic mass is 16.5. The summed E-state index contributed by atoms with van der Waals surface area (Å²) >= 11 is 0. The smallest absolute Gasteiger partial charge is 0.250 e. The van der Waals surface area contributed by atoms with Gasteiger partial charge in [0.2, 0.25) is 11.8 Å². The molecule has 1 aliphatic heterocycles. The van der Waals surface area contributed by atoms with Crippen LogP contribution in [-0.2, 0) is 14.3 Å². The van der Waals surface area contributed by atoms with Gasteiger partial charge in [0, 0.05) is 24.6 Å². The summed E-state index contributed by atoms with van der Waals surface area (Å²) in [5.41, 5.74) is 6.81. The Bertz CT molecular complexity index is 739. The van der Waals surface area contributed by atoms with Crippen LogP contribution in [0.3, 0.4) is 0 Å². The van der Waals surface area contributed by atoms with Crippen molar-refractivity contribution in [2.24, 2.45) is 5.73 Å². The van der Waals surface area contributed by atoms with Gasteiger partial charge in [-0.25, -0.2) is 4.98 Å². The molecule has 1 aliphatic rings. The molecule has 132 valence electrons. The lowest BCUT2D eigenvalue weighted by Gasteiger charge is -2.14. The van der Waals surface area contributed by atoms with Gasteiger partial charge in [0.25, 0.3) is 0 Å². The van der Waals surface area contributed by atoms with Crippen molar-refractivity contribution in [3.8, 4) is 5.69 Å². The number of carbonyl (C=O) groups is 2. The maximum Gasteiger partial charge on any atom is 0.250 e. The van der Waals surface area contributed by atoms with Crippen molar-refractivity contribution in [1.82, 2.24) is 9.55 Å². The number of amides is 2. The van der Waals surface area contributed by atoms with Crippen LogP contribution >= 0.6 is 0 Å². The number of nitrogens with one attached hydrogen (secondary N) is 1. The van der Waals surface area contributed by atoms with Gasteiger partial charge in [0.1, 0.15) is 6.61 Å². The zero-order valence-corrected chi connectivity index (χ0v) is 13.7. The van der Waals surface area contributed by atoms with Crippen LogP contribution in [0.1, 0.15) is 23.2 Å². The first kappa shape index (κ1) is 17.1. The quantitative estimate of drug-likeness (QED) is 0.782. The maximum atomic E-state index is 12.1. The molecule has 0 bridgehead atoms. The Morgan fingerprint density at radius 1 is 1.44 bits per heavy atom. The summed E-state index contributed by atoms with van der Waals surface area (Å²) in [6.45, 7) is 1.09. The molecule has 8 nitrogen and oxygen atoms in total. The number of aromatic nitrogens is 2. The van der Waals surface area contributed by atoms with Crippen molar-refractivity contribution in [1.29, 1.82) is 0 Å². The molecule has 1 unspecified atom stereocenters. The molecule has 2 amide bonds. The molecule has 3 rings (SSSR count). The highest BCUT2D eigenvalue weighted by molar-refractivity contribution is 5.97. The van der Waals surface area contributed by atoms with Gasteiger partial charge in [0.15, 0.2) is 0 Å². The third-order valence-electron chi connectivity index (χ3n) is 3.90. The summed E-state index contributed by atoms with van der Waals surface area (Å²) in [5.74, 6) is -0.828. The molecule has 1 fully saturated rings. The minimum atomic E-state index is -0.542. The SMILES string of the molecule is NC(=O)c1ccc(NC(=O)COCC2CCCO2)c(-n2ccnc2)c1. The molecular formula is C17H20N4O4. The Kier molecular flexibility index (Phi) is 5.42. The van der Waals surface area contributed by atoms with E-state index in [0.29, 0.717) is 23.5 Å². The van der Waals surface area contributed by atoms with Crippen molar-refractivity contribution < 1.29 is 19.1 Å². The molecule has 2 aromatic rings. The highest BCUT2D eigenvalue weighted by Crippen LogP contribution is 2.22. The topological polar surface area (TPSA) is 108 Å². The number of hydrogen-bond donors (Lipinski definition) is 2. The van der Waals surface area contributed by atoms with Gasteiger partial charge in [-0.2, -0.15) is 0 Å². The molecule has 1 aromatic heterocycles. The molecule has 0 saturated carbocycles. The van der Waals surface area contributed by atoms with Crippen LogP contribution in [0.25, 0.3) is 5.69 Å². The predicted octanol–water partition coefficient (Wildman–Crippen LogP) is 1.11. The van der Waals surface area contributed by atoms with E-state index in [1.807, 2.05) is 0 Å². The Hall–Kier alpha value is -2.71. The van der Waals surface area contributed by atoms with Crippen LogP contribution in [0.2, 0.25) is 0 Å². The highest BCUT2D eigenvalue weighted by Gasteiger charge is 2.16. The van der Waals surface area contributed by atoms with Crippen molar-refractivity contribution in [3.05, 3.63) is 42.5 Å². The molecule has 1 atom stereocenters. The first-order chi connectivity index (χ1) is 12.1. The molecule has 0 spiro atoms. The van der Waals surface area contributed by atoms with Crippen LogP contribution < -0.4 is 11.1 Å². The third-order valence-corrected chi connectivity index (χ3v) is 3.90. The molecule has 1 aromatic carbocycles. The largest absolute Gasteiger partial charge is 0.376 e. The van der Waals surface area contributed by atoms with E-state index in [-0.39, 0.29) is 18.6 Å². The van der Waals surface area contributed by atoms with Crippen molar-refractivity contribution in [3.63, 3.8) is 0 Å². The number of imidazole rings is 1. The van der Waals surface area contributed by atoms with E-state index in [0.717, 1.165) is 19.4 Å². The molecule has 2 heterocycles. The van der Waals surface area contributed by atoms with E-state index < -0.39 is 5.91 Å². The lowest BCUT2D eigenvalue weighted by atomic mass is 10.1. The van der Waals surface area contributed by atoms with Crippen LogP contribution in [0.5, 0.6) is 0 Å². The second-order valence-electron chi connectivity index (χ2n) is 5.76. The summed E-state index contributed by atoms with van der Waals surface area (Å²) in [4.78, 5) is 27.5. The number of primary amides is 1. The molecule has 25 heavy (non-hydrogen) atoms. The molecular weight excluding hydrogens is 324 g/mol. The zero-order valence-electron chi connectivity index (χ0n) is 13.7. The second-order valence-corrected chi connectivity index (χ2v) is 5.76. The lowest BCUT2D eigenvalue weighted by molar-refractivity contribution is -0.121. The fourth-order valence-electron chi connectivity index (χ4n) is 2.65. The minimum absolute atomic E-state index is 0.0687. The van der Waals surface area contributed by atoms with Crippen molar-refractivity contribution >= 4 is 17.5 Å². The summed E-state index contributed by atoms with van der Waals surface area (Å²) in [6, 6.07) is 4.80. The first-order valence-electron chi connectivity index (χ1n) is 8.05. The van der Waals surface area contributed by atoms with E-state index in [1.54, 1.807) is 41.5 Å². The summed E-state index contributed by atoms with van der Waals surface area (Å²) in [5, 5.41) is 2.78. The fourth-order valence-corrected chi connectivity index (χ4v) is 2.65. The van der Waals surface area contributed by atoms with Crippen molar-refractivity contribution in [2.45, 2.75) is 18.9 Å². The Morgan fingerprint density at radius 3 is 3.00 bits per heavy atom. The molecule has 8 heteroatoms. The van der Waals surface area contributed by atoms with Crippen LogP contribution in [0.15, 0.2) is 36.9 Å². The first-order valence-corrected chi connectivity index (χ1v) is 8.05. The monoisotopic (exact) mass is 344 g/mol. The fraction of sp³-hybridized carbons (Fsp3) is 0.353. The van der Waals surface area contributed by atoms with E-state index in [2.05, 4.69) is 10.3 Å². The van der Waals surface area contributed by atoms with Gasteiger partial charge < -0.3 is 25.1 Å². The minimum Gasteiger partial charge on any atom is -0.376 e. The van der Waals surface area contributed by atoms with Gasteiger partial charge in [0.05, 0.1) is 30.4 Å². The van der Waals surface area contributed by atoms with Crippen LogP contribution in [0, 0.1) is 0 Å². The number of nitrogens with zero attached hydrogens (tertiary/aromatic N) is 2. The van der Waals surface area contributed by atoms with Gasteiger partial charge >= 0.3 is 0 Å². The third kappa shape index (κ3) is 4.43. The number of carbonyl (C=O) groups excluding carboxylic acids is 2. The number of ether oxygens (including phenoxy) is 2. The summed E-state index contributed by atoms with van der Waals surface area (Å²) in [7, 11) is 0. The zero-order chi connectivity index (χ0) is 17.6. The number of rotatable bonds is 7. The van der Waals surface area contributed by atoms with E-state index >= 15 is 0 Å². The van der Waals surface area contributed by atoms with Crippen LogP contribution in [0.4, 0.5) is 5.69 Å². The van der Waals surface area contributed by atoms with Crippen molar-refractivity contribution in [2.75, 3.05) is 25.1 Å². The summed E-state index contributed by atoms with van der Waals surface area (Å²) in [6.07, 6.45) is 6.95. The maximum absolute atomic E-state index is 12.1. The molecule has 0 aliphatic carbocycles. The van der Waals surface area contributed by atoms with E-state index in [4.69, 9.17) is 15.2 Å². The Labute approximate surface area is 144 Å². The van der Waals surface area contributed by atoms with E-state index in [9.17, 15) is 9.59 Å². The lowest BCUT2D eigenvalue weighted by Crippen LogP contribution is -2.23. The normalized spacial score (nSPS) is 16.7. The van der Waals surface area contributed by atoms with Gasteiger partial charge in [-0.05, 0) is 31.0 Å². The van der Waals surface area contributed by atoms with E-state index in [1.165, 1.54) is 0 Å². The number of benzene rings is 1. The average molecular weight is 344 g/mol. The standard InChI is InChI=1S/C17H20N4O4/c18-17(23)12-3-4-14(15(8-12)21-6-5-19-11-21)20-16(22)10-24-9-13-2-1-7-25-13/h3-6,8,11,13H,1-2,7,9-10H2,(H2,18,23)(H,20,22). The number of nitrogens with two attached hydrogens (primary N) is 1. The summed E-state index contributed by atoms with van der Waals surface area (Å²) < 4.78 is 12.5. The average Bonchev–Trinajstić information content (AvgIpc) is 3.28. The second kappa shape index (κ2) is 7.91. The van der Waals surface area contributed by atoms with Gasteiger partial charge in [-0.1, -0.05) is 0 Å². The number of hydrogen-bond acceptors (Lipinski definition) is 5. The number of anilines is 1. The predicted molar refractivity (Wildman–Crippen MR) is 90.5 cm³/mol. The molecule has 3 N–H and O–H groups in total. The van der Waals surface area contributed by atoms with Crippen LogP contribution in [-0.4, -0.2) is 47.3 Å². The Balaban J connectivity index is 1.66. The molecule has 0 radical (unpaired) electrons. The molecule has 1 saturated heterocycles. The van der Waals surface area contributed by atoms with Gasteiger partial charge in [-0.15, -0.1) is 0 Å². The van der Waals surface area contributed by atoms with Gasteiger partial charge in [-0.3, -0.25) is 9.59 Å².